The van der Waals surface area contributed by atoms with Crippen molar-refractivity contribution in [3.8, 4) is 0 Å². The van der Waals surface area contributed by atoms with Gasteiger partial charge in [-0.3, -0.25) is 5.32 Å². The number of alkyl halides is 6. The molecule has 0 aliphatic heterocycles. The van der Waals surface area contributed by atoms with Crippen LogP contribution in [-0.4, -0.2) is 43.3 Å². The second-order valence-corrected chi connectivity index (χ2v) is 5.33. The number of esters is 1. The van der Waals surface area contributed by atoms with E-state index in [0.29, 0.717) is 0 Å². The molecule has 0 aromatic heterocycles. The molecule has 27 heavy (non-hydrogen) atoms. The smallest absolute Gasteiger partial charge is 0.448 e. The van der Waals surface area contributed by atoms with Crippen molar-refractivity contribution < 1.29 is 45.4 Å². The molecule has 152 valence electrons. The van der Waals surface area contributed by atoms with Gasteiger partial charge in [0.2, 0.25) is 0 Å². The molecule has 1 rings (SSSR count). The topological polar surface area (TPSA) is 76.7 Å². The second kappa shape index (κ2) is 8.65. The van der Waals surface area contributed by atoms with Crippen LogP contribution in [0.4, 0.5) is 36.8 Å². The van der Waals surface area contributed by atoms with Crippen LogP contribution in [0.5, 0.6) is 0 Å². The number of ether oxygens (including phenoxy) is 2. The molecule has 1 atom stereocenters. The lowest BCUT2D eigenvalue weighted by atomic mass is 10.2. The predicted octanol–water partition coefficient (Wildman–Crippen LogP) is 3.86. The number of nitrogens with one attached hydrogen (secondary N) is 2. The molecule has 13 heteroatoms. The summed E-state index contributed by atoms with van der Waals surface area (Å²) >= 11 is 5.61. The van der Waals surface area contributed by atoms with E-state index in [-0.39, 0.29) is 10.7 Å². The van der Waals surface area contributed by atoms with Crippen LogP contribution in [0.25, 0.3) is 0 Å². The molecule has 0 fully saturated rings. The molecule has 1 aromatic carbocycles. The highest BCUT2D eigenvalue weighted by Gasteiger charge is 2.66. The maximum absolute atomic E-state index is 13.4. The van der Waals surface area contributed by atoms with E-state index in [1.54, 1.807) is 0 Å². The quantitative estimate of drug-likeness (QED) is 0.414. The third-order valence-electron chi connectivity index (χ3n) is 2.81. The molecule has 2 N–H and O–H groups in total. The van der Waals surface area contributed by atoms with E-state index >= 15 is 0 Å². The molecule has 0 spiro atoms. The Morgan fingerprint density at radius 2 is 1.63 bits per heavy atom. The summed E-state index contributed by atoms with van der Waals surface area (Å²) in [6.45, 7) is -1.95. The number of anilines is 1. The molecule has 0 saturated carbocycles. The minimum atomic E-state index is -5.76. The first kappa shape index (κ1) is 22.8. The first-order valence-electron chi connectivity index (χ1n) is 7.10. The highest BCUT2D eigenvalue weighted by atomic mass is 35.5. The van der Waals surface area contributed by atoms with Crippen LogP contribution in [0.2, 0.25) is 5.02 Å². The molecular weight excluding hydrogens is 410 g/mol. The molecule has 1 unspecified atom stereocenters. The normalized spacial score (nSPS) is 14.2. The number of hydrogen-bond acceptors (Lipinski definition) is 4. The van der Waals surface area contributed by atoms with Gasteiger partial charge < -0.3 is 14.8 Å². The fourth-order valence-electron chi connectivity index (χ4n) is 1.69. The monoisotopic (exact) mass is 422 g/mol. The second-order valence-electron chi connectivity index (χ2n) is 4.89. The number of carbonyl (C=O) groups is 2. The average Bonchev–Trinajstić information content (AvgIpc) is 2.51. The van der Waals surface area contributed by atoms with Crippen LogP contribution in [-0.2, 0) is 14.3 Å². The summed E-state index contributed by atoms with van der Waals surface area (Å²) in [5, 5.41) is 3.25. The van der Waals surface area contributed by atoms with Crippen LogP contribution < -0.4 is 10.6 Å². The Bertz CT molecular complexity index is 665. The van der Waals surface area contributed by atoms with Gasteiger partial charge in [-0.1, -0.05) is 11.6 Å². The Kier molecular flexibility index (Phi) is 7.32. The van der Waals surface area contributed by atoms with Crippen molar-refractivity contribution in [1.29, 1.82) is 0 Å². The van der Waals surface area contributed by atoms with E-state index in [9.17, 15) is 35.9 Å². The summed E-state index contributed by atoms with van der Waals surface area (Å²) < 4.78 is 85.3. The molecule has 0 aliphatic carbocycles. The fraction of sp³-hybridized carbons (Fsp3) is 0.429. The van der Waals surface area contributed by atoms with Crippen molar-refractivity contribution in [2.75, 3.05) is 18.5 Å². The molecule has 1 aromatic rings. The fourth-order valence-corrected chi connectivity index (χ4v) is 1.82. The summed E-state index contributed by atoms with van der Waals surface area (Å²) in [7, 11) is 0. The highest BCUT2D eigenvalue weighted by molar-refractivity contribution is 6.30. The summed E-state index contributed by atoms with van der Waals surface area (Å²) in [6.07, 6.45) is -11.0. The predicted molar refractivity (Wildman–Crippen MR) is 81.0 cm³/mol. The van der Waals surface area contributed by atoms with Gasteiger partial charge >= 0.3 is 30.1 Å². The number of halogens is 7. The van der Waals surface area contributed by atoms with Crippen molar-refractivity contribution in [2.45, 2.75) is 25.0 Å². The molecule has 0 heterocycles. The Morgan fingerprint density at radius 3 is 2.07 bits per heavy atom. The average molecular weight is 423 g/mol. The molecule has 0 saturated heterocycles. The standard InChI is InChI=1S/C14H13ClF6N2O4/c1-2-26-10(24)13(14(19,20)21,27-7-12(16,17)18)23-11(25)22-9-5-3-8(15)4-6-9/h3-6H,2,7H2,1H3,(H2,22,23,25). The first-order valence-corrected chi connectivity index (χ1v) is 7.48. The number of urea groups is 1. The van der Waals surface area contributed by atoms with Crippen molar-refractivity contribution in [2.24, 2.45) is 0 Å². The molecular formula is C14H13ClF6N2O4. The maximum Gasteiger partial charge on any atom is 0.448 e. The number of hydrogen-bond donors (Lipinski definition) is 2. The lowest BCUT2D eigenvalue weighted by Gasteiger charge is -2.33. The molecule has 0 bridgehead atoms. The summed E-state index contributed by atoms with van der Waals surface area (Å²) in [5.74, 6) is -2.26. The van der Waals surface area contributed by atoms with E-state index in [1.807, 2.05) is 5.32 Å². The van der Waals surface area contributed by atoms with E-state index in [0.717, 1.165) is 12.2 Å². The van der Waals surface area contributed by atoms with Crippen LogP contribution >= 0.6 is 11.6 Å². The third-order valence-corrected chi connectivity index (χ3v) is 3.06. The SMILES string of the molecule is CCOC(=O)C(NC(=O)Nc1ccc(Cl)cc1)(OCC(F)(F)F)C(F)(F)F. The van der Waals surface area contributed by atoms with Gasteiger partial charge in [0.25, 0.3) is 0 Å². The van der Waals surface area contributed by atoms with Gasteiger partial charge in [0.1, 0.15) is 6.61 Å². The van der Waals surface area contributed by atoms with E-state index in [4.69, 9.17) is 11.6 Å². The van der Waals surface area contributed by atoms with Crippen LogP contribution in [0.1, 0.15) is 6.92 Å². The third kappa shape index (κ3) is 6.47. The molecule has 0 radical (unpaired) electrons. The zero-order valence-electron chi connectivity index (χ0n) is 13.5. The Balaban J connectivity index is 3.15. The summed E-state index contributed by atoms with van der Waals surface area (Å²) in [5.41, 5.74) is -4.41. The van der Waals surface area contributed by atoms with Crippen LogP contribution in [0, 0.1) is 0 Å². The van der Waals surface area contributed by atoms with Crippen molar-refractivity contribution in [3.05, 3.63) is 29.3 Å². The Labute approximate surface area is 153 Å². The van der Waals surface area contributed by atoms with Gasteiger partial charge in [-0.05, 0) is 31.2 Å². The van der Waals surface area contributed by atoms with E-state index < -0.39 is 43.3 Å². The van der Waals surface area contributed by atoms with Gasteiger partial charge in [0, 0.05) is 10.7 Å². The maximum atomic E-state index is 13.4. The van der Waals surface area contributed by atoms with Crippen molar-refractivity contribution >= 4 is 29.3 Å². The van der Waals surface area contributed by atoms with E-state index in [2.05, 4.69) is 9.47 Å². The number of benzene rings is 1. The Hall–Kier alpha value is -2.21. The highest BCUT2D eigenvalue weighted by Crippen LogP contribution is 2.34. The minimum absolute atomic E-state index is 0.0485. The van der Waals surface area contributed by atoms with Crippen molar-refractivity contribution in [3.63, 3.8) is 0 Å². The lowest BCUT2D eigenvalue weighted by Crippen LogP contribution is -2.67. The Morgan fingerprint density at radius 1 is 1.07 bits per heavy atom. The van der Waals surface area contributed by atoms with Gasteiger partial charge in [0.05, 0.1) is 6.61 Å². The van der Waals surface area contributed by atoms with E-state index in [1.165, 1.54) is 24.3 Å². The zero-order valence-corrected chi connectivity index (χ0v) is 14.3. The van der Waals surface area contributed by atoms with Gasteiger partial charge in [0.15, 0.2) is 0 Å². The van der Waals surface area contributed by atoms with Crippen LogP contribution in [0.15, 0.2) is 24.3 Å². The van der Waals surface area contributed by atoms with Crippen LogP contribution in [0.3, 0.4) is 0 Å². The number of amides is 2. The number of rotatable bonds is 6. The minimum Gasteiger partial charge on any atom is -0.462 e. The van der Waals surface area contributed by atoms with Gasteiger partial charge in [-0.25, -0.2) is 9.59 Å². The van der Waals surface area contributed by atoms with Gasteiger partial charge in [-0.15, -0.1) is 0 Å². The summed E-state index contributed by atoms with van der Waals surface area (Å²) in [4.78, 5) is 23.6. The first-order chi connectivity index (χ1) is 12.3. The molecule has 2 amide bonds. The lowest BCUT2D eigenvalue weighted by molar-refractivity contribution is -0.305. The molecule has 6 nitrogen and oxygen atoms in total. The largest absolute Gasteiger partial charge is 0.462 e. The molecule has 0 aliphatic rings. The van der Waals surface area contributed by atoms with Gasteiger partial charge in [-0.2, -0.15) is 26.3 Å². The van der Waals surface area contributed by atoms with Crippen molar-refractivity contribution in [1.82, 2.24) is 5.32 Å². The zero-order chi connectivity index (χ0) is 20.9. The number of carbonyl (C=O) groups excluding carboxylic acids is 2. The summed E-state index contributed by atoms with van der Waals surface area (Å²) in [6, 6.07) is 3.33.